The van der Waals surface area contributed by atoms with E-state index in [1.54, 1.807) is 7.11 Å². The first-order valence-electron chi connectivity index (χ1n) is 7.92. The first-order chi connectivity index (χ1) is 10.7. The molecule has 2 aliphatic rings. The Balaban J connectivity index is 0.00000264. The second-order valence-corrected chi connectivity index (χ2v) is 7.07. The second kappa shape index (κ2) is 11.0. The number of methoxy groups -OCH3 is 1. The van der Waals surface area contributed by atoms with E-state index in [1.807, 2.05) is 18.8 Å². The molecule has 23 heavy (non-hydrogen) atoms. The first kappa shape index (κ1) is 21.3. The van der Waals surface area contributed by atoms with Gasteiger partial charge in [0.25, 0.3) is 0 Å². The number of ether oxygens (including phenoxy) is 3. The molecule has 0 aromatic rings. The smallest absolute Gasteiger partial charge is 0.193 e. The van der Waals surface area contributed by atoms with E-state index in [0.29, 0.717) is 6.61 Å². The normalized spacial score (nSPS) is 24.9. The highest BCUT2D eigenvalue weighted by Crippen LogP contribution is 2.33. The molecule has 0 spiro atoms. The van der Waals surface area contributed by atoms with Crippen LogP contribution >= 0.6 is 35.7 Å². The number of morpholine rings is 1. The summed E-state index contributed by atoms with van der Waals surface area (Å²) in [5, 5.41) is 3.57. The molecular weight excluding hydrogens is 429 g/mol. The minimum absolute atomic E-state index is 0. The van der Waals surface area contributed by atoms with Gasteiger partial charge in [0, 0.05) is 51.8 Å². The number of nitrogens with zero attached hydrogens (tertiary/aromatic N) is 2. The van der Waals surface area contributed by atoms with E-state index in [4.69, 9.17) is 14.2 Å². The van der Waals surface area contributed by atoms with Crippen LogP contribution in [0.2, 0.25) is 0 Å². The van der Waals surface area contributed by atoms with E-state index in [9.17, 15) is 0 Å². The molecule has 2 fully saturated rings. The van der Waals surface area contributed by atoms with Crippen molar-refractivity contribution in [1.29, 1.82) is 0 Å². The summed E-state index contributed by atoms with van der Waals surface area (Å²) in [4.78, 5) is 6.72. The molecule has 0 bridgehead atoms. The van der Waals surface area contributed by atoms with Gasteiger partial charge in [-0.25, -0.2) is 0 Å². The lowest BCUT2D eigenvalue weighted by molar-refractivity contribution is -0.0447. The number of guanidine groups is 1. The van der Waals surface area contributed by atoms with Gasteiger partial charge < -0.3 is 24.4 Å². The Hall–Kier alpha value is 0.230. The predicted octanol–water partition coefficient (Wildman–Crippen LogP) is 1.44. The number of hydrogen-bond acceptors (Lipinski definition) is 5. The van der Waals surface area contributed by atoms with Crippen molar-refractivity contribution in [3.05, 3.63) is 0 Å². The zero-order valence-corrected chi connectivity index (χ0v) is 17.5. The van der Waals surface area contributed by atoms with Crippen molar-refractivity contribution >= 4 is 41.7 Å². The Morgan fingerprint density at radius 2 is 2.13 bits per heavy atom. The fraction of sp³-hybridized carbons (Fsp3) is 0.933. The molecule has 2 rings (SSSR count). The summed E-state index contributed by atoms with van der Waals surface area (Å²) in [7, 11) is 3.56. The summed E-state index contributed by atoms with van der Waals surface area (Å²) in [6, 6.07) is 0. The van der Waals surface area contributed by atoms with Gasteiger partial charge in [0.15, 0.2) is 5.96 Å². The second-order valence-electron chi connectivity index (χ2n) is 5.79. The molecule has 1 N–H and O–H groups in total. The van der Waals surface area contributed by atoms with E-state index >= 15 is 0 Å². The van der Waals surface area contributed by atoms with Gasteiger partial charge in [0.1, 0.15) is 0 Å². The molecule has 0 aromatic heterocycles. The fourth-order valence-corrected chi connectivity index (χ4v) is 3.76. The van der Waals surface area contributed by atoms with Crippen LogP contribution in [-0.4, -0.2) is 88.2 Å². The molecule has 1 unspecified atom stereocenters. The van der Waals surface area contributed by atoms with E-state index in [2.05, 4.69) is 21.5 Å². The molecule has 0 amide bonds. The Morgan fingerprint density at radius 1 is 1.39 bits per heavy atom. The lowest BCUT2D eigenvalue weighted by atomic mass is 9.99. The van der Waals surface area contributed by atoms with Crippen LogP contribution in [-0.2, 0) is 14.2 Å². The first-order valence-corrected chi connectivity index (χ1v) is 9.14. The standard InChI is InChI=1S/C15H29N3O3S.HI/c1-16-14(18-6-9-21-13(10-18)11-19-2)17-12-15(22-3)4-7-20-8-5-15;/h13H,4-12H2,1-3H3,(H,16,17);1H. The molecule has 0 radical (unpaired) electrons. The van der Waals surface area contributed by atoms with Crippen molar-refractivity contribution in [3.8, 4) is 0 Å². The zero-order chi connectivity index (χ0) is 15.8. The Kier molecular flexibility index (Phi) is 10.1. The molecular formula is C15H30IN3O3S. The molecule has 2 heterocycles. The van der Waals surface area contributed by atoms with Gasteiger partial charge in [-0.1, -0.05) is 0 Å². The summed E-state index contributed by atoms with van der Waals surface area (Å²) in [6.45, 7) is 5.67. The van der Waals surface area contributed by atoms with Gasteiger partial charge >= 0.3 is 0 Å². The molecule has 0 saturated carbocycles. The number of aliphatic imine (C=N–C) groups is 1. The van der Waals surface area contributed by atoms with Crippen molar-refractivity contribution in [2.75, 3.05) is 66.5 Å². The number of halogens is 1. The van der Waals surface area contributed by atoms with Crippen molar-refractivity contribution in [2.45, 2.75) is 23.7 Å². The van der Waals surface area contributed by atoms with Crippen LogP contribution in [0, 0.1) is 0 Å². The predicted molar refractivity (Wildman–Crippen MR) is 106 cm³/mol. The van der Waals surface area contributed by atoms with E-state index < -0.39 is 0 Å². The maximum absolute atomic E-state index is 5.71. The number of nitrogens with one attached hydrogen (secondary N) is 1. The average Bonchev–Trinajstić information content (AvgIpc) is 2.57. The summed E-state index contributed by atoms with van der Waals surface area (Å²) < 4.78 is 16.7. The van der Waals surface area contributed by atoms with Gasteiger partial charge in [0.2, 0.25) is 0 Å². The zero-order valence-electron chi connectivity index (χ0n) is 14.4. The third-order valence-corrected chi connectivity index (χ3v) is 5.83. The summed E-state index contributed by atoms with van der Waals surface area (Å²) in [5.74, 6) is 0.962. The van der Waals surface area contributed by atoms with E-state index in [0.717, 1.165) is 58.3 Å². The van der Waals surface area contributed by atoms with Crippen molar-refractivity contribution in [3.63, 3.8) is 0 Å². The minimum atomic E-state index is 0. The molecule has 2 saturated heterocycles. The van der Waals surface area contributed by atoms with Crippen LogP contribution < -0.4 is 5.32 Å². The molecule has 6 nitrogen and oxygen atoms in total. The molecule has 2 aliphatic heterocycles. The third kappa shape index (κ3) is 6.22. The maximum atomic E-state index is 5.71. The number of thioether (sulfide) groups is 1. The largest absolute Gasteiger partial charge is 0.382 e. The minimum Gasteiger partial charge on any atom is -0.382 e. The highest BCUT2D eigenvalue weighted by molar-refractivity contribution is 14.0. The van der Waals surface area contributed by atoms with Crippen LogP contribution in [0.25, 0.3) is 0 Å². The van der Waals surface area contributed by atoms with Crippen molar-refractivity contribution in [2.24, 2.45) is 4.99 Å². The summed E-state index contributed by atoms with van der Waals surface area (Å²) in [6.07, 6.45) is 4.50. The van der Waals surface area contributed by atoms with Crippen LogP contribution in [0.4, 0.5) is 0 Å². The third-order valence-electron chi connectivity index (χ3n) is 4.41. The maximum Gasteiger partial charge on any atom is 0.193 e. The van der Waals surface area contributed by atoms with Crippen LogP contribution in [0.1, 0.15) is 12.8 Å². The number of hydrogen-bond donors (Lipinski definition) is 1. The molecule has 8 heteroatoms. The Labute approximate surface area is 161 Å². The fourth-order valence-electron chi connectivity index (χ4n) is 2.97. The molecule has 136 valence electrons. The Morgan fingerprint density at radius 3 is 2.74 bits per heavy atom. The van der Waals surface area contributed by atoms with Crippen LogP contribution in [0.3, 0.4) is 0 Å². The van der Waals surface area contributed by atoms with Gasteiger partial charge in [-0.3, -0.25) is 4.99 Å². The van der Waals surface area contributed by atoms with Crippen molar-refractivity contribution < 1.29 is 14.2 Å². The lowest BCUT2D eigenvalue weighted by Gasteiger charge is -2.39. The van der Waals surface area contributed by atoms with Crippen molar-refractivity contribution in [1.82, 2.24) is 10.2 Å². The molecule has 1 atom stereocenters. The van der Waals surface area contributed by atoms with E-state index in [1.165, 1.54) is 0 Å². The quantitative estimate of drug-likeness (QED) is 0.382. The van der Waals surface area contributed by atoms with Gasteiger partial charge in [0.05, 0.1) is 19.3 Å². The van der Waals surface area contributed by atoms with E-state index in [-0.39, 0.29) is 34.8 Å². The van der Waals surface area contributed by atoms with Gasteiger partial charge in [-0.05, 0) is 19.1 Å². The highest BCUT2D eigenvalue weighted by Gasteiger charge is 2.32. The van der Waals surface area contributed by atoms with Crippen LogP contribution in [0.15, 0.2) is 4.99 Å². The highest BCUT2D eigenvalue weighted by atomic mass is 127. The summed E-state index contributed by atoms with van der Waals surface area (Å²) >= 11 is 1.94. The van der Waals surface area contributed by atoms with Gasteiger partial charge in [-0.2, -0.15) is 11.8 Å². The lowest BCUT2D eigenvalue weighted by Crippen LogP contribution is -2.54. The van der Waals surface area contributed by atoms with Gasteiger partial charge in [-0.15, -0.1) is 24.0 Å². The Bertz CT molecular complexity index is 366. The average molecular weight is 459 g/mol. The summed E-state index contributed by atoms with van der Waals surface area (Å²) in [5.41, 5.74) is 0. The van der Waals surface area contributed by atoms with Crippen LogP contribution in [0.5, 0.6) is 0 Å². The molecule has 0 aliphatic carbocycles. The topological polar surface area (TPSA) is 55.3 Å². The monoisotopic (exact) mass is 459 g/mol. The molecule has 0 aromatic carbocycles. The SMILES string of the molecule is CN=C(NCC1(SC)CCOCC1)N1CCOC(COC)C1.I. The number of rotatable bonds is 5.